The van der Waals surface area contributed by atoms with Crippen molar-refractivity contribution in [3.05, 3.63) is 0 Å². The van der Waals surface area contributed by atoms with Gasteiger partial charge in [-0.2, -0.15) is 0 Å². The van der Waals surface area contributed by atoms with Crippen LogP contribution in [0.4, 0.5) is 0 Å². The van der Waals surface area contributed by atoms with Gasteiger partial charge < -0.3 is 10.6 Å². The normalized spacial score (nSPS) is 26.3. The molecule has 2 N–H and O–H groups in total. The lowest BCUT2D eigenvalue weighted by Crippen LogP contribution is -2.51. The highest BCUT2D eigenvalue weighted by atomic mass is 35.5. The monoisotopic (exact) mass is 150 g/mol. The van der Waals surface area contributed by atoms with Crippen LogP contribution in [0.15, 0.2) is 0 Å². The zero-order valence-corrected chi connectivity index (χ0v) is 6.12. The summed E-state index contributed by atoms with van der Waals surface area (Å²) in [5.41, 5.74) is 0. The molecule has 0 aromatic rings. The Morgan fingerprint density at radius 2 is 2.22 bits per heavy atom. The van der Waals surface area contributed by atoms with Crippen LogP contribution < -0.4 is 10.6 Å². The highest BCUT2D eigenvalue weighted by molar-refractivity contribution is 5.85. The molecule has 9 heavy (non-hydrogen) atoms. The SMILES string of the molecule is C[C@@H]1NCCNC1=O.Cl. The maximum atomic E-state index is 10.6. The first-order chi connectivity index (χ1) is 3.80. The number of carbonyl (C=O) groups is 1. The number of amides is 1. The second-order valence-corrected chi connectivity index (χ2v) is 1.97. The fraction of sp³-hybridized carbons (Fsp3) is 0.800. The number of rotatable bonds is 0. The molecule has 1 aliphatic heterocycles. The average Bonchev–Trinajstić information content (AvgIpc) is 1.77. The molecule has 1 saturated heterocycles. The van der Waals surface area contributed by atoms with E-state index in [1.54, 1.807) is 0 Å². The summed E-state index contributed by atoms with van der Waals surface area (Å²) in [6.45, 7) is 3.52. The topological polar surface area (TPSA) is 41.1 Å². The quantitative estimate of drug-likeness (QED) is 0.490. The first kappa shape index (κ1) is 8.72. The highest BCUT2D eigenvalue weighted by Gasteiger charge is 2.14. The molecule has 1 heterocycles. The van der Waals surface area contributed by atoms with Gasteiger partial charge in [0.1, 0.15) is 0 Å². The summed E-state index contributed by atoms with van der Waals surface area (Å²) in [5.74, 6) is 0.108. The van der Waals surface area contributed by atoms with Gasteiger partial charge in [-0.1, -0.05) is 0 Å². The third-order valence-electron chi connectivity index (χ3n) is 1.27. The Balaban J connectivity index is 0.000000640. The number of hydrogen-bond acceptors (Lipinski definition) is 2. The lowest BCUT2D eigenvalue weighted by atomic mass is 10.2. The van der Waals surface area contributed by atoms with Crippen LogP contribution in [0.2, 0.25) is 0 Å². The van der Waals surface area contributed by atoms with Crippen molar-refractivity contribution in [2.75, 3.05) is 13.1 Å². The fourth-order valence-electron chi connectivity index (χ4n) is 0.720. The van der Waals surface area contributed by atoms with Gasteiger partial charge in [-0.3, -0.25) is 4.79 Å². The van der Waals surface area contributed by atoms with Gasteiger partial charge in [-0.25, -0.2) is 0 Å². The van der Waals surface area contributed by atoms with Crippen molar-refractivity contribution >= 4 is 18.3 Å². The van der Waals surface area contributed by atoms with Crippen molar-refractivity contribution in [1.82, 2.24) is 10.6 Å². The van der Waals surface area contributed by atoms with Crippen molar-refractivity contribution in [2.45, 2.75) is 13.0 Å². The number of hydrogen-bond donors (Lipinski definition) is 2. The van der Waals surface area contributed by atoms with Gasteiger partial charge in [0.25, 0.3) is 0 Å². The molecule has 0 saturated carbocycles. The second kappa shape index (κ2) is 3.69. The first-order valence-electron chi connectivity index (χ1n) is 2.82. The van der Waals surface area contributed by atoms with E-state index in [-0.39, 0.29) is 24.4 Å². The Morgan fingerprint density at radius 3 is 2.56 bits per heavy atom. The van der Waals surface area contributed by atoms with Crippen LogP contribution in [-0.4, -0.2) is 25.0 Å². The zero-order chi connectivity index (χ0) is 5.98. The van der Waals surface area contributed by atoms with Gasteiger partial charge in [0.15, 0.2) is 0 Å². The summed E-state index contributed by atoms with van der Waals surface area (Å²) < 4.78 is 0. The van der Waals surface area contributed by atoms with E-state index in [4.69, 9.17) is 0 Å². The van der Waals surface area contributed by atoms with Crippen LogP contribution in [0, 0.1) is 0 Å². The predicted molar refractivity (Wildman–Crippen MR) is 37.7 cm³/mol. The molecule has 4 heteroatoms. The summed E-state index contributed by atoms with van der Waals surface area (Å²) >= 11 is 0. The molecule has 0 radical (unpaired) electrons. The van der Waals surface area contributed by atoms with Crippen LogP contribution in [0.3, 0.4) is 0 Å². The van der Waals surface area contributed by atoms with Gasteiger partial charge in [0, 0.05) is 13.1 Å². The van der Waals surface area contributed by atoms with Crippen molar-refractivity contribution in [2.24, 2.45) is 0 Å². The van der Waals surface area contributed by atoms with Gasteiger partial charge in [0.05, 0.1) is 6.04 Å². The van der Waals surface area contributed by atoms with Gasteiger partial charge in [0.2, 0.25) is 5.91 Å². The Kier molecular flexibility index (Phi) is 3.58. The van der Waals surface area contributed by atoms with E-state index in [0.29, 0.717) is 0 Å². The molecule has 1 amide bonds. The molecule has 0 aliphatic carbocycles. The molecule has 1 aliphatic rings. The standard InChI is InChI=1S/C5H10N2O.ClH/c1-4-5(8)7-3-2-6-4;/h4,6H,2-3H2,1H3,(H,7,8);1H/t4-;/m0./s1. The molecule has 0 aromatic heterocycles. The van der Waals surface area contributed by atoms with Gasteiger partial charge >= 0.3 is 0 Å². The minimum atomic E-state index is 0. The highest BCUT2D eigenvalue weighted by Crippen LogP contribution is 1.84. The minimum absolute atomic E-state index is 0. The van der Waals surface area contributed by atoms with Crippen LogP contribution >= 0.6 is 12.4 Å². The third-order valence-corrected chi connectivity index (χ3v) is 1.27. The van der Waals surface area contributed by atoms with Crippen molar-refractivity contribution in [3.8, 4) is 0 Å². The summed E-state index contributed by atoms with van der Waals surface area (Å²) in [7, 11) is 0. The largest absolute Gasteiger partial charge is 0.353 e. The van der Waals surface area contributed by atoms with E-state index in [1.165, 1.54) is 0 Å². The molecule has 54 valence electrons. The summed E-state index contributed by atoms with van der Waals surface area (Å²) in [4.78, 5) is 10.6. The van der Waals surface area contributed by atoms with E-state index in [2.05, 4.69) is 10.6 Å². The molecule has 0 bridgehead atoms. The predicted octanol–water partition coefficient (Wildman–Crippen LogP) is -0.484. The first-order valence-corrected chi connectivity index (χ1v) is 2.82. The Labute approximate surface area is 60.6 Å². The van der Waals surface area contributed by atoms with Crippen LogP contribution in [0.1, 0.15) is 6.92 Å². The van der Waals surface area contributed by atoms with Crippen LogP contribution in [-0.2, 0) is 4.79 Å². The van der Waals surface area contributed by atoms with E-state index in [1.807, 2.05) is 6.92 Å². The number of piperazine rings is 1. The van der Waals surface area contributed by atoms with E-state index in [0.717, 1.165) is 13.1 Å². The number of halogens is 1. The van der Waals surface area contributed by atoms with Gasteiger partial charge in [-0.05, 0) is 6.92 Å². The number of nitrogens with one attached hydrogen (secondary N) is 2. The molecule has 1 fully saturated rings. The Morgan fingerprint density at radius 1 is 1.56 bits per heavy atom. The van der Waals surface area contributed by atoms with E-state index >= 15 is 0 Å². The fourth-order valence-corrected chi connectivity index (χ4v) is 0.720. The maximum Gasteiger partial charge on any atom is 0.236 e. The maximum absolute atomic E-state index is 10.6. The molecule has 3 nitrogen and oxygen atoms in total. The van der Waals surface area contributed by atoms with Crippen molar-refractivity contribution in [1.29, 1.82) is 0 Å². The molecule has 1 atom stereocenters. The summed E-state index contributed by atoms with van der Waals surface area (Å²) in [6.07, 6.45) is 0. The molecule has 0 aromatic carbocycles. The van der Waals surface area contributed by atoms with Gasteiger partial charge in [-0.15, -0.1) is 12.4 Å². The lowest BCUT2D eigenvalue weighted by molar-refractivity contribution is -0.123. The summed E-state index contributed by atoms with van der Waals surface area (Å²) in [6, 6.07) is 0.00347. The average molecular weight is 151 g/mol. The lowest BCUT2D eigenvalue weighted by Gasteiger charge is -2.19. The third kappa shape index (κ3) is 2.20. The Bertz CT molecular complexity index is 107. The molecular formula is C5H11ClN2O. The molecular weight excluding hydrogens is 140 g/mol. The molecule has 1 rings (SSSR count). The zero-order valence-electron chi connectivity index (χ0n) is 5.31. The number of carbonyl (C=O) groups excluding carboxylic acids is 1. The second-order valence-electron chi connectivity index (χ2n) is 1.97. The van der Waals surface area contributed by atoms with Crippen molar-refractivity contribution < 1.29 is 4.79 Å². The van der Waals surface area contributed by atoms with E-state index in [9.17, 15) is 4.79 Å². The molecule has 0 spiro atoms. The van der Waals surface area contributed by atoms with E-state index < -0.39 is 0 Å². The summed E-state index contributed by atoms with van der Waals surface area (Å²) in [5, 5.41) is 5.75. The van der Waals surface area contributed by atoms with Crippen LogP contribution in [0.25, 0.3) is 0 Å². The van der Waals surface area contributed by atoms with Crippen molar-refractivity contribution in [3.63, 3.8) is 0 Å². The molecule has 0 unspecified atom stereocenters. The Hall–Kier alpha value is -0.280. The smallest absolute Gasteiger partial charge is 0.236 e. The minimum Gasteiger partial charge on any atom is -0.353 e. The van der Waals surface area contributed by atoms with Crippen LogP contribution in [0.5, 0.6) is 0 Å².